The molecular weight excluding hydrogens is 536 g/mol. The molecule has 0 aliphatic heterocycles. The maximum atomic E-state index is 13.6. The lowest BCUT2D eigenvalue weighted by molar-refractivity contribution is -0.144. The van der Waals surface area contributed by atoms with E-state index in [1.165, 1.54) is 18.3 Å². The van der Waals surface area contributed by atoms with Crippen LogP contribution in [0.15, 0.2) is 59.5 Å². The Kier molecular flexibility index (Phi) is 6.74. The number of pyridine rings is 1. The Balaban J connectivity index is 1.62. The number of halogens is 4. The summed E-state index contributed by atoms with van der Waals surface area (Å²) in [6.45, 7) is 7.43. The maximum Gasteiger partial charge on any atom is 0.453 e. The van der Waals surface area contributed by atoms with Gasteiger partial charge in [0.1, 0.15) is 12.5 Å². The van der Waals surface area contributed by atoms with E-state index in [0.717, 1.165) is 21.9 Å². The van der Waals surface area contributed by atoms with Gasteiger partial charge in [0.05, 0.1) is 10.2 Å². The molecule has 3 aromatic heterocycles. The predicted octanol–water partition coefficient (Wildman–Crippen LogP) is 6.91. The Morgan fingerprint density at radius 1 is 1.03 bits per heavy atom. The molecule has 0 saturated heterocycles. The standard InChI is InChI=1S/C26H24F4N4O2SSi/c1-38(2,3)13-12-36-15-33-20-9-6-17(14-21(20)37-25(33)35)22-19(16-4-7-18(27)8-5-16)10-11-34-23(22)31-24(32-34)26(28,29)30/h4-11,14H,12-13,15H2,1-3H3. The molecule has 0 bridgehead atoms. The number of benzene rings is 2. The van der Waals surface area contributed by atoms with E-state index in [4.69, 9.17) is 4.74 Å². The quantitative estimate of drug-likeness (QED) is 0.123. The van der Waals surface area contributed by atoms with E-state index >= 15 is 0 Å². The van der Waals surface area contributed by atoms with Crippen molar-refractivity contribution in [1.82, 2.24) is 19.2 Å². The van der Waals surface area contributed by atoms with Crippen LogP contribution in [0.5, 0.6) is 0 Å². The Morgan fingerprint density at radius 3 is 2.42 bits per heavy atom. The second-order valence-electron chi connectivity index (χ2n) is 10.1. The molecule has 12 heteroatoms. The minimum absolute atomic E-state index is 0.0000372. The minimum Gasteiger partial charge on any atom is -0.361 e. The number of hydrogen-bond acceptors (Lipinski definition) is 5. The Hall–Kier alpha value is -3.35. The van der Waals surface area contributed by atoms with Crippen molar-refractivity contribution in [1.29, 1.82) is 0 Å². The normalized spacial score (nSPS) is 12.6. The lowest BCUT2D eigenvalue weighted by Gasteiger charge is -2.15. The molecule has 0 fully saturated rings. The van der Waals surface area contributed by atoms with Gasteiger partial charge in [0.2, 0.25) is 0 Å². The van der Waals surface area contributed by atoms with Crippen LogP contribution in [0, 0.1) is 5.82 Å². The first-order valence-corrected chi connectivity index (χ1v) is 16.4. The third-order valence-electron chi connectivity index (χ3n) is 6.09. The van der Waals surface area contributed by atoms with Crippen molar-refractivity contribution in [3.8, 4) is 22.3 Å². The number of nitrogens with zero attached hydrogens (tertiary/aromatic N) is 4. The van der Waals surface area contributed by atoms with Crippen molar-refractivity contribution >= 4 is 35.3 Å². The average molecular weight is 561 g/mol. The van der Waals surface area contributed by atoms with E-state index in [2.05, 4.69) is 29.7 Å². The number of rotatable bonds is 7. The molecule has 0 spiro atoms. The predicted molar refractivity (Wildman–Crippen MR) is 143 cm³/mol. The number of aromatic nitrogens is 4. The van der Waals surface area contributed by atoms with E-state index in [0.29, 0.717) is 39.1 Å². The highest BCUT2D eigenvalue weighted by atomic mass is 32.1. The highest BCUT2D eigenvalue weighted by Gasteiger charge is 2.37. The van der Waals surface area contributed by atoms with Gasteiger partial charge in [-0.05, 0) is 53.1 Å². The van der Waals surface area contributed by atoms with Gasteiger partial charge in [-0.1, -0.05) is 49.2 Å². The molecular formula is C26H24F4N4O2SSi. The van der Waals surface area contributed by atoms with Crippen LogP contribution in [0.2, 0.25) is 25.7 Å². The first-order chi connectivity index (χ1) is 17.9. The van der Waals surface area contributed by atoms with Crippen LogP contribution in [0.1, 0.15) is 5.82 Å². The molecule has 0 aliphatic carbocycles. The smallest absolute Gasteiger partial charge is 0.361 e. The van der Waals surface area contributed by atoms with Crippen molar-refractivity contribution in [3.05, 3.63) is 76.0 Å². The van der Waals surface area contributed by atoms with Gasteiger partial charge in [-0.3, -0.25) is 9.36 Å². The van der Waals surface area contributed by atoms with Crippen LogP contribution in [-0.2, 0) is 17.6 Å². The molecule has 0 aliphatic rings. The van der Waals surface area contributed by atoms with Crippen molar-refractivity contribution in [2.24, 2.45) is 0 Å². The molecule has 198 valence electrons. The summed E-state index contributed by atoms with van der Waals surface area (Å²) in [6.07, 6.45) is -3.33. The molecule has 38 heavy (non-hydrogen) atoms. The van der Waals surface area contributed by atoms with Crippen LogP contribution in [0.4, 0.5) is 17.6 Å². The maximum absolute atomic E-state index is 13.6. The lowest BCUT2D eigenvalue weighted by atomic mass is 9.96. The monoisotopic (exact) mass is 560 g/mol. The molecule has 0 N–H and O–H groups in total. The highest BCUT2D eigenvalue weighted by Crippen LogP contribution is 2.38. The summed E-state index contributed by atoms with van der Waals surface area (Å²) in [6, 6.07) is 13.5. The molecule has 5 rings (SSSR count). The summed E-state index contributed by atoms with van der Waals surface area (Å²) in [5.74, 6) is -1.69. The Labute approximate surface area is 220 Å². The van der Waals surface area contributed by atoms with Crippen LogP contribution in [-0.4, -0.2) is 33.8 Å². The summed E-state index contributed by atoms with van der Waals surface area (Å²) < 4.78 is 63.0. The summed E-state index contributed by atoms with van der Waals surface area (Å²) in [7, 11) is -1.27. The number of thiazole rings is 1. The van der Waals surface area contributed by atoms with Crippen molar-refractivity contribution in [2.45, 2.75) is 38.6 Å². The van der Waals surface area contributed by atoms with E-state index in [1.807, 2.05) is 0 Å². The number of fused-ring (bicyclic) bond motifs is 2. The van der Waals surface area contributed by atoms with E-state index < -0.39 is 25.9 Å². The van der Waals surface area contributed by atoms with Gasteiger partial charge in [0, 0.05) is 26.4 Å². The van der Waals surface area contributed by atoms with Crippen LogP contribution >= 0.6 is 11.3 Å². The van der Waals surface area contributed by atoms with Crippen LogP contribution in [0.3, 0.4) is 0 Å². The van der Waals surface area contributed by atoms with Gasteiger partial charge in [-0.25, -0.2) is 13.9 Å². The molecule has 0 atom stereocenters. The van der Waals surface area contributed by atoms with Gasteiger partial charge < -0.3 is 4.74 Å². The molecule has 3 heterocycles. The van der Waals surface area contributed by atoms with E-state index in [-0.39, 0.29) is 17.3 Å². The van der Waals surface area contributed by atoms with E-state index in [1.54, 1.807) is 41.0 Å². The Bertz CT molecular complexity index is 1680. The summed E-state index contributed by atoms with van der Waals surface area (Å²) in [5.41, 5.74) is 2.77. The minimum atomic E-state index is -4.73. The SMILES string of the molecule is C[Si](C)(C)CCOCn1c(=O)sc2cc(-c3c(-c4ccc(F)cc4)ccn4nc(C(F)(F)F)nc34)ccc21. The Morgan fingerprint density at radius 2 is 1.74 bits per heavy atom. The summed E-state index contributed by atoms with van der Waals surface area (Å²) >= 11 is 1.03. The fourth-order valence-corrected chi connectivity index (χ4v) is 5.77. The lowest BCUT2D eigenvalue weighted by Crippen LogP contribution is -2.23. The molecule has 0 radical (unpaired) electrons. The highest BCUT2D eigenvalue weighted by molar-refractivity contribution is 7.16. The van der Waals surface area contributed by atoms with Gasteiger partial charge in [-0.15, -0.1) is 5.10 Å². The van der Waals surface area contributed by atoms with Crippen molar-refractivity contribution < 1.29 is 22.3 Å². The van der Waals surface area contributed by atoms with E-state index in [9.17, 15) is 22.4 Å². The zero-order valence-corrected chi connectivity index (χ0v) is 22.7. The summed E-state index contributed by atoms with van der Waals surface area (Å²) in [5, 5.41) is 3.61. The average Bonchev–Trinajstić information content (AvgIpc) is 3.41. The molecule has 0 unspecified atom stereocenters. The molecule has 0 amide bonds. The van der Waals surface area contributed by atoms with Gasteiger partial charge >= 0.3 is 11.0 Å². The first-order valence-electron chi connectivity index (χ1n) is 11.8. The fourth-order valence-electron chi connectivity index (χ4n) is 4.10. The zero-order valence-electron chi connectivity index (χ0n) is 20.8. The first kappa shape index (κ1) is 26.3. The molecule has 0 saturated carbocycles. The topological polar surface area (TPSA) is 61.4 Å². The number of hydrogen-bond donors (Lipinski definition) is 0. The number of ether oxygens (including phenoxy) is 1. The zero-order chi connectivity index (χ0) is 27.2. The largest absolute Gasteiger partial charge is 0.453 e. The fraction of sp³-hybridized carbons (Fsp3) is 0.269. The second kappa shape index (κ2) is 9.75. The molecule has 5 aromatic rings. The molecule has 2 aromatic carbocycles. The van der Waals surface area contributed by atoms with Crippen LogP contribution in [0.25, 0.3) is 38.1 Å². The van der Waals surface area contributed by atoms with Crippen molar-refractivity contribution in [3.63, 3.8) is 0 Å². The van der Waals surface area contributed by atoms with Gasteiger partial charge in [0.15, 0.2) is 5.65 Å². The second-order valence-corrected chi connectivity index (χ2v) is 16.8. The summed E-state index contributed by atoms with van der Waals surface area (Å²) in [4.78, 5) is 16.4. The van der Waals surface area contributed by atoms with Gasteiger partial charge in [-0.2, -0.15) is 13.2 Å². The third-order valence-corrected chi connectivity index (χ3v) is 8.74. The van der Waals surface area contributed by atoms with Crippen LogP contribution < -0.4 is 4.87 Å². The molecule has 6 nitrogen and oxygen atoms in total. The number of alkyl halides is 3. The van der Waals surface area contributed by atoms with Gasteiger partial charge in [0.25, 0.3) is 5.82 Å². The third kappa shape index (κ3) is 5.29. The van der Waals surface area contributed by atoms with Crippen molar-refractivity contribution in [2.75, 3.05) is 6.61 Å².